The van der Waals surface area contributed by atoms with Crippen LogP contribution in [-0.4, -0.2) is 44.7 Å². The lowest BCUT2D eigenvalue weighted by molar-refractivity contribution is -0.123. The van der Waals surface area contributed by atoms with Gasteiger partial charge in [0, 0.05) is 12.8 Å². The van der Waals surface area contributed by atoms with Gasteiger partial charge in [0.05, 0.1) is 12.4 Å². The van der Waals surface area contributed by atoms with Crippen LogP contribution in [-0.2, 0) is 9.59 Å². The number of unbranched alkanes of at least 4 members (excludes halogenated alkanes) is 1. The highest BCUT2D eigenvalue weighted by Crippen LogP contribution is 2.24. The molecule has 0 aliphatic heterocycles. The van der Waals surface area contributed by atoms with Crippen molar-refractivity contribution in [1.82, 2.24) is 10.9 Å². The van der Waals surface area contributed by atoms with Gasteiger partial charge in [-0.05, 0) is 60.4 Å². The molecule has 158 valence electrons. The van der Waals surface area contributed by atoms with E-state index in [1.54, 1.807) is 0 Å². The minimum absolute atomic E-state index is 0.182. The molecule has 0 saturated carbocycles. The third-order valence-corrected chi connectivity index (χ3v) is 3.86. The van der Waals surface area contributed by atoms with Crippen molar-refractivity contribution in [1.29, 1.82) is 0 Å². The van der Waals surface area contributed by atoms with E-state index in [0.29, 0.717) is 24.0 Å². The Morgan fingerprint density at radius 1 is 0.700 bits per heavy atom. The average molecular weight is 414 g/mol. The average Bonchev–Trinajstić information content (AvgIpc) is 2.71. The Balaban J connectivity index is 1.61. The van der Waals surface area contributed by atoms with Crippen molar-refractivity contribution in [2.45, 2.75) is 25.7 Å². The Labute approximate surface area is 172 Å². The molecule has 10 heteroatoms. The summed E-state index contributed by atoms with van der Waals surface area (Å²) in [5.41, 5.74) is 5.69. The van der Waals surface area contributed by atoms with E-state index in [4.69, 9.17) is 0 Å². The standard InChI is InChI=1S/C20H22N4O6/c25-15-7-5-13(9-17(15)27)11-21-23-19(29)3-1-2-4-20(30)24-22-12-14-6-8-16(26)18(28)10-14/h5-12,25-28H,1-4H2,(H,23,29)(H,24,30)/b21-11+,22-12+. The maximum absolute atomic E-state index is 11.7. The summed E-state index contributed by atoms with van der Waals surface area (Å²) in [6.45, 7) is 0. The second kappa shape index (κ2) is 11.1. The molecule has 30 heavy (non-hydrogen) atoms. The van der Waals surface area contributed by atoms with Crippen LogP contribution in [0.2, 0.25) is 0 Å². The SMILES string of the molecule is O=C(CCCCC(=O)N/N=C/c1ccc(O)c(O)c1)N/N=C/c1ccc(O)c(O)c1. The van der Waals surface area contributed by atoms with Crippen molar-refractivity contribution in [3.05, 3.63) is 47.5 Å². The molecule has 0 aromatic heterocycles. The molecular weight excluding hydrogens is 392 g/mol. The van der Waals surface area contributed by atoms with E-state index in [9.17, 15) is 30.0 Å². The molecule has 2 amide bonds. The molecule has 0 atom stereocenters. The Morgan fingerprint density at radius 3 is 1.47 bits per heavy atom. The molecule has 0 spiro atoms. The summed E-state index contributed by atoms with van der Waals surface area (Å²) in [6, 6.07) is 8.27. The number of rotatable bonds is 9. The fourth-order valence-electron chi connectivity index (χ4n) is 2.28. The van der Waals surface area contributed by atoms with Gasteiger partial charge in [-0.2, -0.15) is 10.2 Å². The van der Waals surface area contributed by atoms with Gasteiger partial charge in [-0.1, -0.05) is 0 Å². The van der Waals surface area contributed by atoms with Crippen LogP contribution in [0, 0.1) is 0 Å². The number of phenols is 4. The Bertz CT molecular complexity index is 881. The van der Waals surface area contributed by atoms with E-state index in [1.165, 1.54) is 48.8 Å². The molecule has 0 bridgehead atoms. The number of aromatic hydroxyl groups is 4. The second-order valence-corrected chi connectivity index (χ2v) is 6.29. The molecule has 0 unspecified atom stereocenters. The van der Waals surface area contributed by atoms with Crippen molar-refractivity contribution in [2.75, 3.05) is 0 Å². The van der Waals surface area contributed by atoms with Gasteiger partial charge in [-0.25, -0.2) is 10.9 Å². The molecule has 0 aliphatic carbocycles. The topological polar surface area (TPSA) is 164 Å². The van der Waals surface area contributed by atoms with Gasteiger partial charge in [0.25, 0.3) is 0 Å². The molecule has 2 rings (SSSR count). The lowest BCUT2D eigenvalue weighted by Gasteiger charge is -2.02. The van der Waals surface area contributed by atoms with Crippen molar-refractivity contribution in [3.63, 3.8) is 0 Å². The lowest BCUT2D eigenvalue weighted by atomic mass is 10.2. The minimum Gasteiger partial charge on any atom is -0.504 e. The smallest absolute Gasteiger partial charge is 0.240 e. The van der Waals surface area contributed by atoms with Gasteiger partial charge in [0.15, 0.2) is 23.0 Å². The molecule has 0 fully saturated rings. The molecule has 0 saturated heterocycles. The van der Waals surface area contributed by atoms with Crippen LogP contribution < -0.4 is 10.9 Å². The number of amides is 2. The highest BCUT2D eigenvalue weighted by Gasteiger charge is 2.04. The van der Waals surface area contributed by atoms with E-state index >= 15 is 0 Å². The maximum atomic E-state index is 11.7. The summed E-state index contributed by atoms with van der Waals surface area (Å²) >= 11 is 0. The van der Waals surface area contributed by atoms with Gasteiger partial charge < -0.3 is 20.4 Å². The van der Waals surface area contributed by atoms with Crippen LogP contribution in [0.25, 0.3) is 0 Å². The molecular formula is C20H22N4O6. The van der Waals surface area contributed by atoms with Crippen LogP contribution in [0.1, 0.15) is 36.8 Å². The number of benzene rings is 2. The molecule has 10 nitrogen and oxygen atoms in total. The zero-order chi connectivity index (χ0) is 21.9. The van der Waals surface area contributed by atoms with Gasteiger partial charge in [0.2, 0.25) is 11.8 Å². The van der Waals surface area contributed by atoms with Crippen LogP contribution in [0.5, 0.6) is 23.0 Å². The number of hydrogen-bond acceptors (Lipinski definition) is 8. The first kappa shape index (κ1) is 22.2. The van der Waals surface area contributed by atoms with Gasteiger partial charge >= 0.3 is 0 Å². The molecule has 0 radical (unpaired) electrons. The molecule has 0 heterocycles. The Hall–Kier alpha value is -4.08. The highest BCUT2D eigenvalue weighted by atomic mass is 16.3. The van der Waals surface area contributed by atoms with Gasteiger partial charge in [0.1, 0.15) is 0 Å². The summed E-state index contributed by atoms with van der Waals surface area (Å²) < 4.78 is 0. The fraction of sp³-hybridized carbons (Fsp3) is 0.200. The van der Waals surface area contributed by atoms with E-state index in [-0.39, 0.29) is 47.7 Å². The first-order valence-electron chi connectivity index (χ1n) is 9.03. The highest BCUT2D eigenvalue weighted by molar-refractivity contribution is 5.84. The predicted octanol–water partition coefficient (Wildman–Crippen LogP) is 1.67. The summed E-state index contributed by atoms with van der Waals surface area (Å²) in [7, 11) is 0. The minimum atomic E-state index is -0.320. The third kappa shape index (κ3) is 7.50. The second-order valence-electron chi connectivity index (χ2n) is 6.29. The summed E-state index contributed by atoms with van der Waals surface area (Å²) in [6.07, 6.45) is 3.98. The zero-order valence-corrected chi connectivity index (χ0v) is 15.9. The summed E-state index contributed by atoms with van der Waals surface area (Å²) in [5.74, 6) is -1.70. The van der Waals surface area contributed by atoms with Crippen molar-refractivity contribution in [2.24, 2.45) is 10.2 Å². The molecule has 2 aromatic rings. The first-order chi connectivity index (χ1) is 14.3. The van der Waals surface area contributed by atoms with Crippen molar-refractivity contribution < 1.29 is 30.0 Å². The molecule has 6 N–H and O–H groups in total. The van der Waals surface area contributed by atoms with Crippen LogP contribution in [0.15, 0.2) is 46.6 Å². The number of carbonyl (C=O) groups is 2. The van der Waals surface area contributed by atoms with Crippen LogP contribution in [0.4, 0.5) is 0 Å². The predicted molar refractivity (Wildman–Crippen MR) is 109 cm³/mol. The summed E-state index contributed by atoms with van der Waals surface area (Å²) in [4.78, 5) is 23.4. The number of phenolic OH excluding ortho intramolecular Hbond substituents is 4. The van der Waals surface area contributed by atoms with E-state index in [2.05, 4.69) is 21.1 Å². The van der Waals surface area contributed by atoms with Crippen molar-refractivity contribution in [3.8, 4) is 23.0 Å². The van der Waals surface area contributed by atoms with E-state index in [0.717, 1.165) is 0 Å². The Morgan fingerprint density at radius 2 is 1.10 bits per heavy atom. The molecule has 2 aromatic carbocycles. The van der Waals surface area contributed by atoms with E-state index in [1.807, 2.05) is 0 Å². The van der Waals surface area contributed by atoms with Crippen molar-refractivity contribution >= 4 is 24.2 Å². The number of nitrogens with one attached hydrogen (secondary N) is 2. The number of hydrogen-bond donors (Lipinski definition) is 6. The molecule has 0 aliphatic rings. The van der Waals surface area contributed by atoms with Gasteiger partial charge in [-0.3, -0.25) is 9.59 Å². The number of hydrazone groups is 2. The van der Waals surface area contributed by atoms with E-state index < -0.39 is 0 Å². The summed E-state index contributed by atoms with van der Waals surface area (Å²) in [5, 5.41) is 44.7. The first-order valence-corrected chi connectivity index (χ1v) is 9.03. The van der Waals surface area contributed by atoms with Crippen LogP contribution >= 0.6 is 0 Å². The maximum Gasteiger partial charge on any atom is 0.240 e. The largest absolute Gasteiger partial charge is 0.504 e. The lowest BCUT2D eigenvalue weighted by Crippen LogP contribution is -2.19. The Kier molecular flexibility index (Phi) is 8.18. The number of carbonyl (C=O) groups excluding carboxylic acids is 2. The quantitative estimate of drug-likeness (QED) is 0.158. The normalized spacial score (nSPS) is 11.1. The third-order valence-electron chi connectivity index (χ3n) is 3.86. The number of nitrogens with zero attached hydrogens (tertiary/aromatic N) is 2. The zero-order valence-electron chi connectivity index (χ0n) is 15.9. The van der Waals surface area contributed by atoms with Crippen LogP contribution in [0.3, 0.4) is 0 Å². The van der Waals surface area contributed by atoms with Gasteiger partial charge in [-0.15, -0.1) is 0 Å². The fourth-order valence-corrected chi connectivity index (χ4v) is 2.28. The monoisotopic (exact) mass is 414 g/mol.